The highest BCUT2D eigenvalue weighted by Crippen LogP contribution is 2.26. The van der Waals surface area contributed by atoms with Crippen LogP contribution in [0, 0.1) is 0 Å². The van der Waals surface area contributed by atoms with Crippen molar-refractivity contribution in [2.75, 3.05) is 0 Å². The summed E-state index contributed by atoms with van der Waals surface area (Å²) in [7, 11) is -2.44. The van der Waals surface area contributed by atoms with Crippen molar-refractivity contribution in [1.29, 1.82) is 0 Å². The molecular weight excluding hydrogens is 160 g/mol. The molecule has 0 fully saturated rings. The van der Waals surface area contributed by atoms with Crippen LogP contribution in [0.4, 0.5) is 13.2 Å². The predicted molar refractivity (Wildman–Crippen MR) is 34.6 cm³/mol. The normalized spacial score (nSPS) is 13.5. The third-order valence-electron chi connectivity index (χ3n) is 1.03. The molecule has 0 unspecified atom stereocenters. The van der Waals surface area contributed by atoms with E-state index >= 15 is 0 Å². The Bertz CT molecular complexity index is 152. The van der Waals surface area contributed by atoms with Gasteiger partial charge in [0.1, 0.15) is 0 Å². The third kappa shape index (κ3) is 3.43. The van der Waals surface area contributed by atoms with Crippen LogP contribution in [0.25, 0.3) is 0 Å². The van der Waals surface area contributed by atoms with Crippen LogP contribution in [-0.4, -0.2) is 23.3 Å². The molecule has 0 saturated carbocycles. The second-order valence-corrected chi connectivity index (χ2v) is 1.94. The first kappa shape index (κ1) is 10.5. The van der Waals surface area contributed by atoms with E-state index in [1.54, 1.807) is 0 Å². The van der Waals surface area contributed by atoms with E-state index in [9.17, 15) is 13.2 Å². The number of halogens is 3. The molecular formula is C5H8BF3O2. The van der Waals surface area contributed by atoms with Crippen LogP contribution in [-0.2, 0) is 0 Å². The number of hydrogen-bond donors (Lipinski definition) is 2. The van der Waals surface area contributed by atoms with Gasteiger partial charge in [-0.25, -0.2) is 0 Å². The minimum atomic E-state index is -4.65. The van der Waals surface area contributed by atoms with Crippen molar-refractivity contribution in [2.24, 2.45) is 0 Å². The zero-order valence-corrected chi connectivity index (χ0v) is 5.89. The Morgan fingerprint density at radius 1 is 1.45 bits per heavy atom. The van der Waals surface area contributed by atoms with E-state index in [1.165, 1.54) is 6.92 Å². The quantitative estimate of drug-likeness (QED) is 0.601. The SMILES string of the molecule is CC/C=C(/B(O)O)C(F)(F)F. The van der Waals surface area contributed by atoms with Gasteiger partial charge in [-0.3, -0.25) is 0 Å². The molecule has 0 aromatic carbocycles. The van der Waals surface area contributed by atoms with Crippen molar-refractivity contribution >= 4 is 7.12 Å². The van der Waals surface area contributed by atoms with E-state index in [1.807, 2.05) is 0 Å². The van der Waals surface area contributed by atoms with Crippen LogP contribution in [0.15, 0.2) is 11.5 Å². The van der Waals surface area contributed by atoms with Crippen molar-refractivity contribution in [3.63, 3.8) is 0 Å². The fourth-order valence-corrected chi connectivity index (χ4v) is 0.587. The molecule has 0 radical (unpaired) electrons. The van der Waals surface area contributed by atoms with Crippen LogP contribution in [0.3, 0.4) is 0 Å². The summed E-state index contributed by atoms with van der Waals surface area (Å²) in [5.41, 5.74) is -1.31. The molecule has 0 spiro atoms. The van der Waals surface area contributed by atoms with E-state index < -0.39 is 18.8 Å². The lowest BCUT2D eigenvalue weighted by Crippen LogP contribution is -2.27. The minimum absolute atomic E-state index is 0.118. The average molecular weight is 168 g/mol. The van der Waals surface area contributed by atoms with Gasteiger partial charge in [0.15, 0.2) is 0 Å². The topological polar surface area (TPSA) is 40.5 Å². The van der Waals surface area contributed by atoms with Gasteiger partial charge in [-0.2, -0.15) is 13.2 Å². The molecule has 0 rings (SSSR count). The van der Waals surface area contributed by atoms with Gasteiger partial charge in [-0.15, -0.1) is 0 Å². The first-order valence-electron chi connectivity index (χ1n) is 3.03. The Labute approximate surface area is 62.5 Å². The molecule has 0 aliphatic carbocycles. The van der Waals surface area contributed by atoms with Gasteiger partial charge in [0.2, 0.25) is 0 Å². The Kier molecular flexibility index (Phi) is 3.61. The lowest BCUT2D eigenvalue weighted by atomic mass is 9.78. The summed E-state index contributed by atoms with van der Waals surface area (Å²) < 4.78 is 35.3. The van der Waals surface area contributed by atoms with Crippen molar-refractivity contribution in [3.8, 4) is 0 Å². The summed E-state index contributed by atoms with van der Waals surface area (Å²) in [4.78, 5) is 0. The molecule has 11 heavy (non-hydrogen) atoms. The number of allylic oxidation sites excluding steroid dienone is 2. The Morgan fingerprint density at radius 3 is 2.00 bits per heavy atom. The number of rotatable bonds is 2. The molecule has 0 heterocycles. The Hall–Kier alpha value is -0.485. The molecule has 0 aliphatic rings. The van der Waals surface area contributed by atoms with Crippen molar-refractivity contribution in [1.82, 2.24) is 0 Å². The second kappa shape index (κ2) is 3.78. The summed E-state index contributed by atoms with van der Waals surface area (Å²) in [5.74, 6) is 0. The van der Waals surface area contributed by atoms with Crippen LogP contribution in [0.2, 0.25) is 0 Å². The van der Waals surface area contributed by atoms with Gasteiger partial charge in [-0.05, 0) is 6.42 Å². The maximum absolute atomic E-state index is 11.8. The Morgan fingerprint density at radius 2 is 1.91 bits per heavy atom. The van der Waals surface area contributed by atoms with Crippen molar-refractivity contribution in [2.45, 2.75) is 19.5 Å². The summed E-state index contributed by atoms with van der Waals surface area (Å²) >= 11 is 0. The van der Waals surface area contributed by atoms with Crippen molar-refractivity contribution in [3.05, 3.63) is 11.5 Å². The maximum Gasteiger partial charge on any atom is 0.493 e. The fraction of sp³-hybridized carbons (Fsp3) is 0.600. The first-order valence-corrected chi connectivity index (χ1v) is 3.03. The van der Waals surface area contributed by atoms with E-state index in [-0.39, 0.29) is 6.42 Å². The van der Waals surface area contributed by atoms with Gasteiger partial charge in [0.05, 0.1) is 5.47 Å². The van der Waals surface area contributed by atoms with E-state index in [2.05, 4.69) is 0 Å². The van der Waals surface area contributed by atoms with Gasteiger partial charge in [0.25, 0.3) is 0 Å². The molecule has 6 heteroatoms. The average Bonchev–Trinajstić information content (AvgIpc) is 1.79. The highest BCUT2D eigenvalue weighted by molar-refractivity contribution is 6.51. The van der Waals surface area contributed by atoms with E-state index in [4.69, 9.17) is 10.0 Å². The molecule has 0 aliphatic heterocycles. The minimum Gasteiger partial charge on any atom is -0.423 e. The van der Waals surface area contributed by atoms with Crippen LogP contribution in [0.1, 0.15) is 13.3 Å². The van der Waals surface area contributed by atoms with Gasteiger partial charge in [-0.1, -0.05) is 13.0 Å². The lowest BCUT2D eigenvalue weighted by molar-refractivity contribution is -0.0877. The van der Waals surface area contributed by atoms with E-state index in [0.29, 0.717) is 0 Å². The zero-order chi connectivity index (χ0) is 9.07. The largest absolute Gasteiger partial charge is 0.493 e. The molecule has 64 valence electrons. The lowest BCUT2D eigenvalue weighted by Gasteiger charge is -2.09. The maximum atomic E-state index is 11.8. The molecule has 0 bridgehead atoms. The van der Waals surface area contributed by atoms with Gasteiger partial charge in [0, 0.05) is 0 Å². The molecule has 0 aromatic heterocycles. The monoisotopic (exact) mass is 168 g/mol. The molecule has 2 nitrogen and oxygen atoms in total. The molecule has 0 aromatic rings. The van der Waals surface area contributed by atoms with Crippen LogP contribution < -0.4 is 0 Å². The molecule has 0 atom stereocenters. The number of hydrogen-bond acceptors (Lipinski definition) is 2. The summed E-state index contributed by atoms with van der Waals surface area (Å²) in [6, 6.07) is 0. The summed E-state index contributed by atoms with van der Waals surface area (Å²) in [6.07, 6.45) is -3.79. The summed E-state index contributed by atoms with van der Waals surface area (Å²) in [6.45, 7) is 1.48. The highest BCUT2D eigenvalue weighted by atomic mass is 19.4. The second-order valence-electron chi connectivity index (χ2n) is 1.94. The van der Waals surface area contributed by atoms with Crippen LogP contribution >= 0.6 is 0 Å². The summed E-state index contributed by atoms with van der Waals surface area (Å²) in [5, 5.41) is 16.5. The Balaban J connectivity index is 4.49. The van der Waals surface area contributed by atoms with Crippen molar-refractivity contribution < 1.29 is 23.2 Å². The zero-order valence-electron chi connectivity index (χ0n) is 5.89. The number of alkyl halides is 3. The first-order chi connectivity index (χ1) is 4.89. The smallest absolute Gasteiger partial charge is 0.423 e. The third-order valence-corrected chi connectivity index (χ3v) is 1.03. The van der Waals surface area contributed by atoms with Gasteiger partial charge >= 0.3 is 13.3 Å². The molecule has 0 amide bonds. The van der Waals surface area contributed by atoms with Crippen LogP contribution in [0.5, 0.6) is 0 Å². The standard InChI is InChI=1S/C5H8BF3O2/c1-2-3-4(6(10)11)5(7,8)9/h3,10-11H,2H2,1H3/b4-3+. The van der Waals surface area contributed by atoms with E-state index in [0.717, 1.165) is 6.08 Å². The highest BCUT2D eigenvalue weighted by Gasteiger charge is 2.40. The van der Waals surface area contributed by atoms with Gasteiger partial charge < -0.3 is 10.0 Å². The predicted octanol–water partition coefficient (Wildman–Crippen LogP) is 0.897. The molecule has 2 N–H and O–H groups in total. The fourth-order valence-electron chi connectivity index (χ4n) is 0.587. The molecule has 0 saturated heterocycles.